The van der Waals surface area contributed by atoms with Crippen LogP contribution in [0.3, 0.4) is 0 Å². The first-order valence-corrected chi connectivity index (χ1v) is 2.49. The van der Waals surface area contributed by atoms with Crippen LogP contribution in [0.15, 0.2) is 0 Å². The van der Waals surface area contributed by atoms with Gasteiger partial charge in [0.25, 0.3) is 0 Å². The third-order valence-electron chi connectivity index (χ3n) is 0.644. The van der Waals surface area contributed by atoms with E-state index in [9.17, 15) is 0 Å². The van der Waals surface area contributed by atoms with Crippen LogP contribution in [0.4, 0.5) is 0 Å². The average molecular weight is 184 g/mol. The standard InChI is InChI=1S/H8N8O4/c1-5-9-6(2)11-8(4)12-7(3)10-5/h1-4H2. The van der Waals surface area contributed by atoms with Crippen LogP contribution >= 0.6 is 0 Å². The molecule has 1 saturated heterocycles. The van der Waals surface area contributed by atoms with Gasteiger partial charge >= 0.3 is 0 Å². The van der Waals surface area contributed by atoms with Crippen molar-refractivity contribution in [2.24, 2.45) is 23.4 Å². The Morgan fingerprint density at radius 2 is 0.667 bits per heavy atom. The van der Waals surface area contributed by atoms with E-state index in [1.807, 2.05) is 0 Å². The summed E-state index contributed by atoms with van der Waals surface area (Å²) in [5.41, 5.74) is 0. The fourth-order valence-electron chi connectivity index (χ4n) is 0.377. The first-order chi connectivity index (χ1) is 5.58. The van der Waals surface area contributed by atoms with E-state index < -0.39 is 0 Å². The normalized spacial score (nSPS) is 27.0. The largest absolute Gasteiger partial charge is 0.216 e. The van der Waals surface area contributed by atoms with E-state index in [2.05, 4.69) is 19.8 Å². The molecule has 0 saturated carbocycles. The highest BCUT2D eigenvalue weighted by molar-refractivity contribution is 3.89. The molecule has 1 heterocycles. The van der Waals surface area contributed by atoms with Crippen molar-refractivity contribution in [1.82, 2.24) is 21.3 Å². The minimum atomic E-state index is 0.257. The molecular formula is H8N8O4. The number of hydrogen-bond acceptors (Lipinski definition) is 12. The average Bonchev–Trinajstić information content (AvgIpc) is 1.81. The minimum absolute atomic E-state index is 0.257. The number of nitrogens with two attached hydrogens (primary N) is 4. The number of hydrazine groups is 4. The molecule has 8 N–H and O–H groups in total. The highest BCUT2D eigenvalue weighted by Crippen LogP contribution is 1.98. The number of rotatable bonds is 0. The lowest BCUT2D eigenvalue weighted by molar-refractivity contribution is -0.715. The highest BCUT2D eigenvalue weighted by atomic mass is 17.3. The first kappa shape index (κ1) is 9.61. The number of nitrogens with zero attached hydrogens (tertiary/aromatic N) is 4. The van der Waals surface area contributed by atoms with Crippen LogP contribution in [0.1, 0.15) is 0 Å². The van der Waals surface area contributed by atoms with Crippen LogP contribution in [0.25, 0.3) is 0 Å². The summed E-state index contributed by atoms with van der Waals surface area (Å²) >= 11 is 0. The molecule has 72 valence electrons. The lowest BCUT2D eigenvalue weighted by Crippen LogP contribution is -2.56. The molecule has 0 aromatic heterocycles. The molecule has 12 nitrogen and oxygen atoms in total. The number of hydrogen-bond donors (Lipinski definition) is 4. The first-order valence-electron chi connectivity index (χ1n) is 2.49. The lowest BCUT2D eigenvalue weighted by Gasteiger charge is -2.28. The fourth-order valence-corrected chi connectivity index (χ4v) is 0.377. The van der Waals surface area contributed by atoms with Gasteiger partial charge in [-0.05, 0) is 0 Å². The van der Waals surface area contributed by atoms with E-state index in [4.69, 9.17) is 23.4 Å². The Morgan fingerprint density at radius 3 is 0.833 bits per heavy atom. The molecule has 0 atom stereocenters. The molecule has 0 spiro atoms. The zero-order chi connectivity index (χ0) is 9.14. The Labute approximate surface area is 65.7 Å². The van der Waals surface area contributed by atoms with Crippen molar-refractivity contribution in [2.75, 3.05) is 0 Å². The van der Waals surface area contributed by atoms with Crippen LogP contribution in [-0.4, -0.2) is 21.3 Å². The van der Waals surface area contributed by atoms with E-state index >= 15 is 0 Å². The van der Waals surface area contributed by atoms with Crippen LogP contribution < -0.4 is 23.4 Å². The predicted octanol–water partition coefficient (Wildman–Crippen LogP) is -3.91. The van der Waals surface area contributed by atoms with Crippen molar-refractivity contribution in [2.45, 2.75) is 0 Å². The molecular weight excluding hydrogens is 176 g/mol. The molecule has 0 aromatic carbocycles. The molecule has 12 heteroatoms. The van der Waals surface area contributed by atoms with Crippen molar-refractivity contribution in [3.63, 3.8) is 0 Å². The molecule has 0 bridgehead atoms. The second-order valence-electron chi connectivity index (χ2n) is 1.47. The smallest absolute Gasteiger partial charge is 0.0522 e. The monoisotopic (exact) mass is 184 g/mol. The third-order valence-corrected chi connectivity index (χ3v) is 0.644. The Kier molecular flexibility index (Phi) is 3.17. The van der Waals surface area contributed by atoms with Crippen LogP contribution in [0.5, 0.6) is 0 Å². The van der Waals surface area contributed by atoms with Crippen molar-refractivity contribution >= 4 is 0 Å². The second-order valence-corrected chi connectivity index (χ2v) is 1.47. The van der Waals surface area contributed by atoms with Gasteiger partial charge in [0.05, 0.1) is 21.3 Å². The zero-order valence-corrected chi connectivity index (χ0v) is 5.73. The molecule has 0 unspecified atom stereocenters. The highest BCUT2D eigenvalue weighted by Gasteiger charge is 2.20. The van der Waals surface area contributed by atoms with Gasteiger partial charge < -0.3 is 0 Å². The van der Waals surface area contributed by atoms with E-state index in [0.29, 0.717) is 0 Å². The molecule has 1 fully saturated rings. The summed E-state index contributed by atoms with van der Waals surface area (Å²) in [6.45, 7) is 0. The van der Waals surface area contributed by atoms with Crippen LogP contribution in [-0.2, 0) is 19.8 Å². The maximum absolute atomic E-state index is 4.96. The maximum Gasteiger partial charge on any atom is 0.0522 e. The summed E-state index contributed by atoms with van der Waals surface area (Å²) in [6.07, 6.45) is 0. The zero-order valence-electron chi connectivity index (χ0n) is 5.73. The second kappa shape index (κ2) is 3.96. The summed E-state index contributed by atoms with van der Waals surface area (Å²) < 4.78 is 0. The maximum atomic E-state index is 4.96. The lowest BCUT2D eigenvalue weighted by atomic mass is 12.3. The molecule has 0 aromatic rings. The summed E-state index contributed by atoms with van der Waals surface area (Å²) in [5.74, 6) is 19.8. The van der Waals surface area contributed by atoms with Gasteiger partial charge in [-0.25, -0.2) is 23.4 Å². The van der Waals surface area contributed by atoms with E-state index in [0.717, 1.165) is 0 Å². The predicted molar refractivity (Wildman–Crippen MR) is 28.4 cm³/mol. The Morgan fingerprint density at radius 1 is 0.500 bits per heavy atom. The molecule has 0 radical (unpaired) electrons. The van der Waals surface area contributed by atoms with Gasteiger partial charge in [0.1, 0.15) is 0 Å². The van der Waals surface area contributed by atoms with Gasteiger partial charge in [0.2, 0.25) is 0 Å². The van der Waals surface area contributed by atoms with Gasteiger partial charge in [-0.15, -0.1) is 19.8 Å². The van der Waals surface area contributed by atoms with Gasteiger partial charge in [0, 0.05) is 0 Å². The van der Waals surface area contributed by atoms with Gasteiger partial charge in [0.15, 0.2) is 0 Å². The van der Waals surface area contributed by atoms with Crippen molar-refractivity contribution in [3.8, 4) is 0 Å². The van der Waals surface area contributed by atoms with E-state index in [1.165, 1.54) is 0 Å². The van der Waals surface area contributed by atoms with Crippen molar-refractivity contribution in [3.05, 3.63) is 0 Å². The van der Waals surface area contributed by atoms with Gasteiger partial charge in [-0.2, -0.15) is 0 Å². The molecule has 1 aliphatic heterocycles. The third kappa shape index (κ3) is 2.87. The molecule has 0 aliphatic carbocycles. The molecule has 0 amide bonds. The van der Waals surface area contributed by atoms with E-state index in [1.54, 1.807) is 0 Å². The summed E-state index contributed by atoms with van der Waals surface area (Å²) in [4.78, 5) is 17.1. The minimum Gasteiger partial charge on any atom is -0.216 e. The fraction of sp³-hybridized carbons (Fsp3) is 0. The summed E-state index contributed by atoms with van der Waals surface area (Å²) in [7, 11) is 0. The van der Waals surface area contributed by atoms with Crippen molar-refractivity contribution in [1.29, 1.82) is 0 Å². The SMILES string of the molecule is NN1ON(N)ON(N)ON(N)O1. The van der Waals surface area contributed by atoms with Crippen LogP contribution in [0.2, 0.25) is 0 Å². The Hall–Kier alpha value is -0.480. The molecule has 1 aliphatic rings. The quantitative estimate of drug-likeness (QED) is 0.272. The van der Waals surface area contributed by atoms with Crippen molar-refractivity contribution < 1.29 is 19.8 Å². The van der Waals surface area contributed by atoms with Gasteiger partial charge in [-0.1, -0.05) is 0 Å². The Bertz CT molecular complexity index is 99.0. The topological polar surface area (TPSA) is 154 Å². The van der Waals surface area contributed by atoms with E-state index in [-0.39, 0.29) is 21.3 Å². The summed E-state index contributed by atoms with van der Waals surface area (Å²) in [6, 6.07) is 0. The molecule has 12 heavy (non-hydrogen) atoms. The van der Waals surface area contributed by atoms with Gasteiger partial charge in [-0.3, -0.25) is 0 Å². The van der Waals surface area contributed by atoms with Crippen LogP contribution in [0, 0.1) is 0 Å². The molecule has 1 rings (SSSR count). The Balaban J connectivity index is 2.45. The summed E-state index contributed by atoms with van der Waals surface area (Å²) in [5, 5.41) is 1.03.